The minimum absolute atomic E-state index is 0.205. The van der Waals surface area contributed by atoms with Gasteiger partial charge in [-0.05, 0) is 13.5 Å². The number of hydrogen-bond donors (Lipinski definition) is 2. The summed E-state index contributed by atoms with van der Waals surface area (Å²) in [6, 6.07) is 0. The molecule has 0 radical (unpaired) electrons. The van der Waals surface area contributed by atoms with Gasteiger partial charge in [-0.3, -0.25) is 0 Å². The first-order valence-corrected chi connectivity index (χ1v) is 4.24. The van der Waals surface area contributed by atoms with Gasteiger partial charge in [0.2, 0.25) is 0 Å². The van der Waals surface area contributed by atoms with Crippen molar-refractivity contribution in [3.05, 3.63) is 0 Å². The van der Waals surface area contributed by atoms with E-state index in [1.54, 1.807) is 0 Å². The highest BCUT2D eigenvalue weighted by atomic mass is 15.0. The van der Waals surface area contributed by atoms with E-state index < -0.39 is 0 Å². The molecule has 2 nitrogen and oxygen atoms in total. The Bertz CT molecular complexity index is 64.3. The fourth-order valence-corrected chi connectivity index (χ4v) is 0.935. The van der Waals surface area contributed by atoms with E-state index in [4.69, 9.17) is 5.73 Å². The molecule has 1 atom stereocenters. The lowest BCUT2D eigenvalue weighted by atomic mass is 10.1. The largest absolute Gasteiger partial charge is 0.316 e. The quantitative estimate of drug-likeness (QED) is 0.437. The van der Waals surface area contributed by atoms with Gasteiger partial charge in [0.15, 0.2) is 0 Å². The molecule has 1 unspecified atom stereocenters. The fraction of sp³-hybridized carbons (Fsp3) is 1.00. The molecule has 10 heavy (non-hydrogen) atoms. The maximum Gasteiger partial charge on any atom is 0.0543 e. The van der Waals surface area contributed by atoms with Crippen molar-refractivity contribution in [2.24, 2.45) is 5.73 Å². The second kappa shape index (κ2) is 7.03. The summed E-state index contributed by atoms with van der Waals surface area (Å²) in [5.41, 5.74) is 5.64. The van der Waals surface area contributed by atoms with Crippen LogP contribution < -0.4 is 11.1 Å². The summed E-state index contributed by atoms with van der Waals surface area (Å²) in [5.74, 6) is 0. The van der Waals surface area contributed by atoms with Gasteiger partial charge in [0.05, 0.1) is 6.17 Å². The zero-order valence-electron chi connectivity index (χ0n) is 7.19. The molecular formula is C8H20N2. The molecule has 0 aromatic heterocycles. The highest BCUT2D eigenvalue weighted by Gasteiger charge is 1.95. The zero-order valence-corrected chi connectivity index (χ0v) is 7.19. The molecule has 3 N–H and O–H groups in total. The van der Waals surface area contributed by atoms with Gasteiger partial charge in [-0.15, -0.1) is 0 Å². The van der Waals surface area contributed by atoms with Gasteiger partial charge in [-0.25, -0.2) is 0 Å². The first-order chi connectivity index (χ1) is 4.81. The fourth-order valence-electron chi connectivity index (χ4n) is 0.935. The normalized spacial score (nSPS) is 13.5. The van der Waals surface area contributed by atoms with Crippen molar-refractivity contribution in [2.45, 2.75) is 45.2 Å². The lowest BCUT2D eigenvalue weighted by Gasteiger charge is -2.08. The van der Waals surface area contributed by atoms with Crippen LogP contribution in [0, 0.1) is 0 Å². The van der Waals surface area contributed by atoms with Gasteiger partial charge in [-0.2, -0.15) is 0 Å². The van der Waals surface area contributed by atoms with Crippen molar-refractivity contribution in [3.8, 4) is 0 Å². The van der Waals surface area contributed by atoms with Crippen LogP contribution in [0.5, 0.6) is 0 Å². The minimum Gasteiger partial charge on any atom is -0.316 e. The molecule has 0 aliphatic rings. The Labute approximate surface area is 64.2 Å². The average molecular weight is 144 g/mol. The molecule has 2 heteroatoms. The molecule has 0 saturated heterocycles. The predicted octanol–water partition coefficient (Wildman–Crippen LogP) is 1.46. The SMILES string of the molecule is CCCCCCC(N)NC. The van der Waals surface area contributed by atoms with E-state index in [0.717, 1.165) is 6.42 Å². The summed E-state index contributed by atoms with van der Waals surface area (Å²) in [7, 11) is 1.91. The van der Waals surface area contributed by atoms with Crippen molar-refractivity contribution in [1.29, 1.82) is 0 Å². The maximum atomic E-state index is 5.64. The van der Waals surface area contributed by atoms with Crippen molar-refractivity contribution in [2.75, 3.05) is 7.05 Å². The Balaban J connectivity index is 2.89. The average Bonchev–Trinajstić information content (AvgIpc) is 1.98. The summed E-state index contributed by atoms with van der Waals surface area (Å²) >= 11 is 0. The lowest BCUT2D eigenvalue weighted by molar-refractivity contribution is 0.501. The molecule has 0 aromatic rings. The summed E-state index contributed by atoms with van der Waals surface area (Å²) in [5, 5.41) is 3.02. The Morgan fingerprint density at radius 1 is 1.30 bits per heavy atom. The highest BCUT2D eigenvalue weighted by Crippen LogP contribution is 2.02. The molecule has 0 fully saturated rings. The van der Waals surface area contributed by atoms with Crippen molar-refractivity contribution in [3.63, 3.8) is 0 Å². The molecule has 0 saturated carbocycles. The summed E-state index contributed by atoms with van der Waals surface area (Å²) in [4.78, 5) is 0. The van der Waals surface area contributed by atoms with Crippen LogP contribution >= 0.6 is 0 Å². The van der Waals surface area contributed by atoms with Crippen molar-refractivity contribution >= 4 is 0 Å². The van der Waals surface area contributed by atoms with Crippen molar-refractivity contribution < 1.29 is 0 Å². The van der Waals surface area contributed by atoms with E-state index in [1.807, 2.05) is 7.05 Å². The predicted molar refractivity (Wildman–Crippen MR) is 45.8 cm³/mol. The van der Waals surface area contributed by atoms with Crippen LogP contribution in [0.2, 0.25) is 0 Å². The topological polar surface area (TPSA) is 38.0 Å². The maximum absolute atomic E-state index is 5.64. The van der Waals surface area contributed by atoms with Crippen molar-refractivity contribution in [1.82, 2.24) is 5.32 Å². The monoisotopic (exact) mass is 144 g/mol. The third kappa shape index (κ3) is 6.05. The number of rotatable bonds is 6. The number of unbranched alkanes of at least 4 members (excludes halogenated alkanes) is 3. The van der Waals surface area contributed by atoms with Gasteiger partial charge < -0.3 is 11.1 Å². The van der Waals surface area contributed by atoms with Crippen LogP contribution in [0.3, 0.4) is 0 Å². The third-order valence-electron chi connectivity index (χ3n) is 1.74. The lowest BCUT2D eigenvalue weighted by Crippen LogP contribution is -2.33. The van der Waals surface area contributed by atoms with E-state index in [0.29, 0.717) is 0 Å². The third-order valence-corrected chi connectivity index (χ3v) is 1.74. The van der Waals surface area contributed by atoms with Crippen LogP contribution in [-0.2, 0) is 0 Å². The van der Waals surface area contributed by atoms with Crippen LogP contribution in [0.4, 0.5) is 0 Å². The molecule has 0 spiro atoms. The van der Waals surface area contributed by atoms with E-state index in [2.05, 4.69) is 12.2 Å². The number of nitrogens with one attached hydrogen (secondary N) is 1. The number of nitrogens with two attached hydrogens (primary N) is 1. The van der Waals surface area contributed by atoms with E-state index in [-0.39, 0.29) is 6.17 Å². The van der Waals surface area contributed by atoms with Gasteiger partial charge in [0, 0.05) is 0 Å². The molecule has 0 rings (SSSR count). The van der Waals surface area contributed by atoms with Gasteiger partial charge >= 0.3 is 0 Å². The van der Waals surface area contributed by atoms with Gasteiger partial charge in [0.1, 0.15) is 0 Å². The van der Waals surface area contributed by atoms with E-state index >= 15 is 0 Å². The van der Waals surface area contributed by atoms with Gasteiger partial charge in [0.25, 0.3) is 0 Å². The van der Waals surface area contributed by atoms with E-state index in [9.17, 15) is 0 Å². The molecule has 0 aliphatic carbocycles. The Kier molecular flexibility index (Phi) is 6.98. The molecular weight excluding hydrogens is 124 g/mol. The van der Waals surface area contributed by atoms with Crippen LogP contribution in [-0.4, -0.2) is 13.2 Å². The molecule has 0 aliphatic heterocycles. The minimum atomic E-state index is 0.205. The molecule has 62 valence electrons. The summed E-state index contributed by atoms with van der Waals surface area (Å²) in [6.07, 6.45) is 6.54. The highest BCUT2D eigenvalue weighted by molar-refractivity contribution is 4.54. The zero-order chi connectivity index (χ0) is 7.82. The van der Waals surface area contributed by atoms with Gasteiger partial charge in [-0.1, -0.05) is 32.6 Å². The summed E-state index contributed by atoms with van der Waals surface area (Å²) in [6.45, 7) is 2.22. The Morgan fingerprint density at radius 3 is 2.50 bits per heavy atom. The molecule has 0 aromatic carbocycles. The second-order valence-corrected chi connectivity index (χ2v) is 2.74. The van der Waals surface area contributed by atoms with Crippen LogP contribution in [0.25, 0.3) is 0 Å². The van der Waals surface area contributed by atoms with E-state index in [1.165, 1.54) is 25.7 Å². The van der Waals surface area contributed by atoms with Crippen LogP contribution in [0.15, 0.2) is 0 Å². The first kappa shape index (κ1) is 9.92. The number of hydrogen-bond acceptors (Lipinski definition) is 2. The smallest absolute Gasteiger partial charge is 0.0543 e. The molecule has 0 heterocycles. The standard InChI is InChI=1S/C8H20N2/c1-3-4-5-6-7-8(9)10-2/h8,10H,3-7,9H2,1-2H3. The Morgan fingerprint density at radius 2 is 2.00 bits per heavy atom. The molecule has 0 amide bonds. The van der Waals surface area contributed by atoms with Crippen LogP contribution in [0.1, 0.15) is 39.0 Å². The Hall–Kier alpha value is -0.0800. The second-order valence-electron chi connectivity index (χ2n) is 2.74. The molecule has 0 bridgehead atoms. The summed E-state index contributed by atoms with van der Waals surface area (Å²) < 4.78 is 0. The first-order valence-electron chi connectivity index (χ1n) is 4.24.